The van der Waals surface area contributed by atoms with E-state index in [9.17, 15) is 5.11 Å². The van der Waals surface area contributed by atoms with Crippen LogP contribution in [0.5, 0.6) is 0 Å². The Morgan fingerprint density at radius 3 is 2.37 bits per heavy atom. The summed E-state index contributed by atoms with van der Waals surface area (Å²) in [6.45, 7) is 4.66. The Morgan fingerprint density at radius 1 is 1.16 bits per heavy atom. The highest BCUT2D eigenvalue weighted by Crippen LogP contribution is 2.32. The maximum Gasteiger partial charge on any atom is 0.0741 e. The molecular weight excluding hydrogens is 234 g/mol. The fraction of sp³-hybridized carbons (Fsp3) is 0.647. The van der Waals surface area contributed by atoms with Crippen molar-refractivity contribution in [3.05, 3.63) is 35.9 Å². The van der Waals surface area contributed by atoms with E-state index in [1.54, 1.807) is 0 Å². The van der Waals surface area contributed by atoms with Gasteiger partial charge in [-0.2, -0.15) is 0 Å². The quantitative estimate of drug-likeness (QED) is 0.850. The summed E-state index contributed by atoms with van der Waals surface area (Å²) in [6.07, 6.45) is 5.77. The lowest BCUT2D eigenvalue weighted by Gasteiger charge is -2.32. The molecule has 1 aliphatic carbocycles. The molecule has 0 aromatic heterocycles. The Morgan fingerprint density at radius 2 is 1.79 bits per heavy atom. The van der Waals surface area contributed by atoms with Gasteiger partial charge in [-0.3, -0.25) is 0 Å². The molecule has 0 heterocycles. The predicted molar refractivity (Wildman–Crippen MR) is 80.4 cm³/mol. The minimum absolute atomic E-state index is 0.559. The molecule has 0 aliphatic heterocycles. The molecule has 0 amide bonds. The molecule has 1 aromatic rings. The van der Waals surface area contributed by atoms with E-state index in [2.05, 4.69) is 35.6 Å². The van der Waals surface area contributed by atoms with Crippen molar-refractivity contribution in [3.63, 3.8) is 0 Å². The highest BCUT2D eigenvalue weighted by atomic mass is 16.3. The maximum atomic E-state index is 10.0. The molecule has 0 radical (unpaired) electrons. The Hall–Kier alpha value is -0.860. The third-order valence-electron chi connectivity index (χ3n) is 4.53. The molecule has 2 nitrogen and oxygen atoms in total. The Labute approximate surface area is 117 Å². The Kier molecular flexibility index (Phi) is 5.00. The SMILES string of the molecule is CCC(C)(O)CNC1CCC(c2ccccc2)CC1. The van der Waals surface area contributed by atoms with Crippen LogP contribution in [0.15, 0.2) is 30.3 Å². The van der Waals surface area contributed by atoms with Gasteiger partial charge in [0.05, 0.1) is 5.60 Å². The molecule has 1 aliphatic rings. The predicted octanol–water partition coefficient (Wildman–Crippen LogP) is 3.46. The van der Waals surface area contributed by atoms with Gasteiger partial charge in [-0.1, -0.05) is 37.3 Å². The molecule has 19 heavy (non-hydrogen) atoms. The van der Waals surface area contributed by atoms with Crippen LogP contribution in [-0.2, 0) is 0 Å². The van der Waals surface area contributed by atoms with E-state index in [1.165, 1.54) is 31.2 Å². The van der Waals surface area contributed by atoms with Gasteiger partial charge < -0.3 is 10.4 Å². The van der Waals surface area contributed by atoms with E-state index in [1.807, 2.05) is 13.8 Å². The smallest absolute Gasteiger partial charge is 0.0741 e. The Balaban J connectivity index is 1.77. The summed E-state index contributed by atoms with van der Waals surface area (Å²) in [5, 5.41) is 13.6. The van der Waals surface area contributed by atoms with Gasteiger partial charge >= 0.3 is 0 Å². The molecule has 0 spiro atoms. The fourth-order valence-corrected chi connectivity index (χ4v) is 2.85. The molecule has 0 saturated heterocycles. The largest absolute Gasteiger partial charge is 0.389 e. The lowest BCUT2D eigenvalue weighted by Crippen LogP contribution is -2.43. The van der Waals surface area contributed by atoms with Crippen molar-refractivity contribution in [1.82, 2.24) is 5.32 Å². The number of hydrogen-bond acceptors (Lipinski definition) is 2. The summed E-state index contributed by atoms with van der Waals surface area (Å²) >= 11 is 0. The highest BCUT2D eigenvalue weighted by molar-refractivity contribution is 5.20. The topological polar surface area (TPSA) is 32.3 Å². The van der Waals surface area contributed by atoms with E-state index >= 15 is 0 Å². The van der Waals surface area contributed by atoms with Crippen molar-refractivity contribution in [2.45, 2.75) is 63.5 Å². The van der Waals surface area contributed by atoms with Gasteiger partial charge in [0, 0.05) is 12.6 Å². The van der Waals surface area contributed by atoms with Crippen molar-refractivity contribution >= 4 is 0 Å². The minimum atomic E-state index is -0.559. The molecule has 1 atom stereocenters. The second-order valence-electron chi connectivity index (χ2n) is 6.19. The molecule has 0 bridgehead atoms. The van der Waals surface area contributed by atoms with Crippen molar-refractivity contribution < 1.29 is 5.11 Å². The third kappa shape index (κ3) is 4.32. The van der Waals surface area contributed by atoms with Gasteiger partial charge in [-0.25, -0.2) is 0 Å². The van der Waals surface area contributed by atoms with Crippen molar-refractivity contribution in [1.29, 1.82) is 0 Å². The van der Waals surface area contributed by atoms with Crippen LogP contribution in [0.1, 0.15) is 57.4 Å². The molecule has 1 aromatic carbocycles. The van der Waals surface area contributed by atoms with Crippen molar-refractivity contribution in [3.8, 4) is 0 Å². The van der Waals surface area contributed by atoms with E-state index in [-0.39, 0.29) is 0 Å². The molecule has 2 rings (SSSR count). The van der Waals surface area contributed by atoms with Gasteiger partial charge in [0.2, 0.25) is 0 Å². The summed E-state index contributed by atoms with van der Waals surface area (Å²) in [6, 6.07) is 11.4. The fourth-order valence-electron chi connectivity index (χ4n) is 2.85. The van der Waals surface area contributed by atoms with Crippen LogP contribution < -0.4 is 5.32 Å². The summed E-state index contributed by atoms with van der Waals surface area (Å²) in [7, 11) is 0. The second-order valence-corrected chi connectivity index (χ2v) is 6.19. The molecular formula is C17H27NO. The second kappa shape index (κ2) is 6.53. The van der Waals surface area contributed by atoms with Crippen LogP contribution in [0.2, 0.25) is 0 Å². The van der Waals surface area contributed by atoms with E-state index < -0.39 is 5.60 Å². The van der Waals surface area contributed by atoms with E-state index in [4.69, 9.17) is 0 Å². The normalized spacial score (nSPS) is 26.9. The van der Waals surface area contributed by atoms with Crippen molar-refractivity contribution in [2.24, 2.45) is 0 Å². The van der Waals surface area contributed by atoms with Gasteiger partial charge in [0.1, 0.15) is 0 Å². The van der Waals surface area contributed by atoms with E-state index in [0.29, 0.717) is 12.6 Å². The first-order valence-corrected chi connectivity index (χ1v) is 7.61. The molecule has 1 fully saturated rings. The number of rotatable bonds is 5. The lowest BCUT2D eigenvalue weighted by molar-refractivity contribution is 0.0511. The van der Waals surface area contributed by atoms with Crippen LogP contribution in [0, 0.1) is 0 Å². The zero-order chi connectivity index (χ0) is 13.7. The Bertz CT molecular complexity index is 366. The van der Waals surface area contributed by atoms with E-state index in [0.717, 1.165) is 12.3 Å². The van der Waals surface area contributed by atoms with Crippen molar-refractivity contribution in [2.75, 3.05) is 6.54 Å². The average Bonchev–Trinajstić information content (AvgIpc) is 2.47. The van der Waals surface area contributed by atoms with Crippen LogP contribution >= 0.6 is 0 Å². The lowest BCUT2D eigenvalue weighted by atomic mass is 9.81. The number of benzene rings is 1. The summed E-state index contributed by atoms with van der Waals surface area (Å²) in [5.74, 6) is 0.728. The molecule has 106 valence electrons. The minimum Gasteiger partial charge on any atom is -0.389 e. The highest BCUT2D eigenvalue weighted by Gasteiger charge is 2.24. The third-order valence-corrected chi connectivity index (χ3v) is 4.53. The maximum absolute atomic E-state index is 10.0. The first-order chi connectivity index (χ1) is 9.11. The standard InChI is InChI=1S/C17H27NO/c1-3-17(2,19)13-18-16-11-9-15(10-12-16)14-7-5-4-6-8-14/h4-8,15-16,18-19H,3,9-13H2,1-2H3. The van der Waals surface area contributed by atoms with Gasteiger partial charge in [-0.05, 0) is 50.5 Å². The summed E-state index contributed by atoms with van der Waals surface area (Å²) in [4.78, 5) is 0. The monoisotopic (exact) mass is 261 g/mol. The zero-order valence-corrected chi connectivity index (χ0v) is 12.2. The van der Waals surface area contributed by atoms with Crippen LogP contribution in [0.4, 0.5) is 0 Å². The average molecular weight is 261 g/mol. The number of hydrogen-bond donors (Lipinski definition) is 2. The number of aliphatic hydroxyl groups is 1. The molecule has 2 heteroatoms. The van der Waals surface area contributed by atoms with Gasteiger partial charge in [-0.15, -0.1) is 0 Å². The first kappa shape index (κ1) is 14.5. The van der Waals surface area contributed by atoms with Crippen LogP contribution in [-0.4, -0.2) is 23.3 Å². The van der Waals surface area contributed by atoms with Gasteiger partial charge in [0.25, 0.3) is 0 Å². The van der Waals surface area contributed by atoms with Crippen LogP contribution in [0.3, 0.4) is 0 Å². The summed E-state index contributed by atoms with van der Waals surface area (Å²) < 4.78 is 0. The zero-order valence-electron chi connectivity index (χ0n) is 12.2. The molecule has 1 unspecified atom stereocenters. The first-order valence-electron chi connectivity index (χ1n) is 7.61. The van der Waals surface area contributed by atoms with Gasteiger partial charge in [0.15, 0.2) is 0 Å². The summed E-state index contributed by atoms with van der Waals surface area (Å²) in [5.41, 5.74) is 0.928. The molecule has 1 saturated carbocycles. The number of nitrogens with one attached hydrogen (secondary N) is 1. The van der Waals surface area contributed by atoms with Crippen LogP contribution in [0.25, 0.3) is 0 Å². The molecule has 2 N–H and O–H groups in total.